The van der Waals surface area contributed by atoms with Crippen LogP contribution in [0.1, 0.15) is 22.8 Å². The van der Waals surface area contributed by atoms with Gasteiger partial charge in [0, 0.05) is 13.1 Å². The second kappa shape index (κ2) is 6.73. The highest BCUT2D eigenvalue weighted by Gasteiger charge is 2.24. The number of rotatable bonds is 4. The molecule has 4 heteroatoms. The Balaban J connectivity index is 1.55. The first-order valence-electron chi connectivity index (χ1n) is 7.55. The van der Waals surface area contributed by atoms with Crippen molar-refractivity contribution in [1.82, 2.24) is 10.6 Å². The van der Waals surface area contributed by atoms with E-state index in [9.17, 15) is 9.90 Å². The highest BCUT2D eigenvalue weighted by Crippen LogP contribution is 2.16. The van der Waals surface area contributed by atoms with Crippen molar-refractivity contribution in [2.75, 3.05) is 6.54 Å². The van der Waals surface area contributed by atoms with Crippen LogP contribution in [0, 0.1) is 0 Å². The van der Waals surface area contributed by atoms with E-state index in [1.54, 1.807) is 0 Å². The minimum atomic E-state index is -0.680. The molecule has 2 aromatic rings. The third-order valence-corrected chi connectivity index (χ3v) is 4.05. The molecule has 3 rings (SSSR count). The Hall–Kier alpha value is -2.17. The van der Waals surface area contributed by atoms with Crippen LogP contribution in [0.25, 0.3) is 0 Å². The van der Waals surface area contributed by atoms with Crippen LogP contribution in [0.3, 0.4) is 0 Å². The van der Waals surface area contributed by atoms with E-state index in [2.05, 4.69) is 22.8 Å². The summed E-state index contributed by atoms with van der Waals surface area (Å²) >= 11 is 0. The summed E-state index contributed by atoms with van der Waals surface area (Å²) in [6.07, 6.45) is 0.00436. The predicted molar refractivity (Wildman–Crippen MR) is 85.2 cm³/mol. The molecule has 114 valence electrons. The number of hydrogen-bond donors (Lipinski definition) is 3. The standard InChI is InChI=1S/C18H20N2O2/c21-17(13-6-2-1-3-7-13)12-20-18(22)16-10-14-8-4-5-9-15(14)11-19-16/h1-9,16-17,19,21H,10-12H2,(H,20,22). The van der Waals surface area contributed by atoms with Gasteiger partial charge in [0.25, 0.3) is 0 Å². The Morgan fingerprint density at radius 1 is 1.14 bits per heavy atom. The molecule has 1 aliphatic rings. The molecule has 0 saturated carbocycles. The fourth-order valence-electron chi connectivity index (χ4n) is 2.75. The van der Waals surface area contributed by atoms with E-state index in [0.29, 0.717) is 13.0 Å². The number of carbonyl (C=O) groups is 1. The van der Waals surface area contributed by atoms with Gasteiger partial charge in [0.15, 0.2) is 0 Å². The molecule has 1 aliphatic heterocycles. The number of fused-ring (bicyclic) bond motifs is 1. The van der Waals surface area contributed by atoms with Gasteiger partial charge in [0.1, 0.15) is 0 Å². The smallest absolute Gasteiger partial charge is 0.237 e. The molecule has 0 aliphatic carbocycles. The van der Waals surface area contributed by atoms with Crippen molar-refractivity contribution >= 4 is 5.91 Å². The van der Waals surface area contributed by atoms with E-state index >= 15 is 0 Å². The van der Waals surface area contributed by atoms with Crippen LogP contribution >= 0.6 is 0 Å². The van der Waals surface area contributed by atoms with Gasteiger partial charge in [0.2, 0.25) is 5.91 Å². The van der Waals surface area contributed by atoms with Gasteiger partial charge in [-0.1, -0.05) is 54.6 Å². The van der Waals surface area contributed by atoms with Crippen molar-refractivity contribution in [1.29, 1.82) is 0 Å². The lowest BCUT2D eigenvalue weighted by Gasteiger charge is -2.25. The third kappa shape index (κ3) is 3.35. The molecule has 22 heavy (non-hydrogen) atoms. The Bertz CT molecular complexity index is 643. The molecule has 2 aromatic carbocycles. The molecule has 2 atom stereocenters. The zero-order valence-corrected chi connectivity index (χ0v) is 12.3. The van der Waals surface area contributed by atoms with Gasteiger partial charge in [-0.05, 0) is 23.1 Å². The van der Waals surface area contributed by atoms with Crippen molar-refractivity contribution in [3.63, 3.8) is 0 Å². The summed E-state index contributed by atoms with van der Waals surface area (Å²) in [5.74, 6) is -0.0653. The lowest BCUT2D eigenvalue weighted by atomic mass is 9.95. The van der Waals surface area contributed by atoms with Gasteiger partial charge >= 0.3 is 0 Å². The lowest BCUT2D eigenvalue weighted by Crippen LogP contribution is -2.48. The van der Waals surface area contributed by atoms with Crippen molar-refractivity contribution in [2.24, 2.45) is 0 Å². The summed E-state index contributed by atoms with van der Waals surface area (Å²) in [7, 11) is 0. The first kappa shape index (κ1) is 14.8. The summed E-state index contributed by atoms with van der Waals surface area (Å²) < 4.78 is 0. The zero-order valence-electron chi connectivity index (χ0n) is 12.3. The number of aliphatic hydroxyl groups excluding tert-OH is 1. The zero-order chi connectivity index (χ0) is 15.4. The molecular weight excluding hydrogens is 276 g/mol. The van der Waals surface area contributed by atoms with E-state index in [1.165, 1.54) is 11.1 Å². The maximum absolute atomic E-state index is 12.3. The van der Waals surface area contributed by atoms with Crippen LogP contribution in [-0.4, -0.2) is 23.6 Å². The Labute approximate surface area is 130 Å². The second-order valence-electron chi connectivity index (χ2n) is 5.58. The number of carbonyl (C=O) groups excluding carboxylic acids is 1. The minimum Gasteiger partial charge on any atom is -0.387 e. The van der Waals surface area contributed by atoms with E-state index in [0.717, 1.165) is 5.56 Å². The monoisotopic (exact) mass is 296 g/mol. The summed E-state index contributed by atoms with van der Waals surface area (Å²) in [5.41, 5.74) is 3.27. The molecule has 0 fully saturated rings. The van der Waals surface area contributed by atoms with Crippen LogP contribution in [-0.2, 0) is 17.8 Å². The fourth-order valence-corrected chi connectivity index (χ4v) is 2.75. The fraction of sp³-hybridized carbons (Fsp3) is 0.278. The average molecular weight is 296 g/mol. The van der Waals surface area contributed by atoms with E-state index in [-0.39, 0.29) is 18.5 Å². The first-order chi connectivity index (χ1) is 10.7. The summed E-state index contributed by atoms with van der Waals surface area (Å²) in [6.45, 7) is 0.929. The summed E-state index contributed by atoms with van der Waals surface area (Å²) in [6, 6.07) is 17.3. The van der Waals surface area contributed by atoms with Gasteiger partial charge in [-0.3, -0.25) is 4.79 Å². The predicted octanol–water partition coefficient (Wildman–Crippen LogP) is 1.55. The van der Waals surface area contributed by atoms with Gasteiger partial charge in [-0.15, -0.1) is 0 Å². The minimum absolute atomic E-state index is 0.0653. The number of amides is 1. The Morgan fingerprint density at radius 3 is 2.59 bits per heavy atom. The molecule has 0 saturated heterocycles. The van der Waals surface area contributed by atoms with Crippen LogP contribution in [0.4, 0.5) is 0 Å². The highest BCUT2D eigenvalue weighted by atomic mass is 16.3. The molecule has 2 unspecified atom stereocenters. The molecule has 0 radical (unpaired) electrons. The third-order valence-electron chi connectivity index (χ3n) is 4.05. The number of benzene rings is 2. The molecule has 3 N–H and O–H groups in total. The van der Waals surface area contributed by atoms with Crippen LogP contribution in [0.15, 0.2) is 54.6 Å². The molecule has 1 amide bonds. The second-order valence-corrected chi connectivity index (χ2v) is 5.58. The normalized spacial score (nSPS) is 18.3. The quantitative estimate of drug-likeness (QED) is 0.802. The van der Waals surface area contributed by atoms with Crippen molar-refractivity contribution in [3.8, 4) is 0 Å². The van der Waals surface area contributed by atoms with Crippen molar-refractivity contribution in [2.45, 2.75) is 25.1 Å². The SMILES string of the molecule is O=C(NCC(O)c1ccccc1)C1Cc2ccccc2CN1. The number of aliphatic hydroxyl groups is 1. The maximum atomic E-state index is 12.3. The average Bonchev–Trinajstić information content (AvgIpc) is 2.59. The summed E-state index contributed by atoms with van der Waals surface area (Å²) in [5, 5.41) is 16.2. The molecule has 0 aromatic heterocycles. The maximum Gasteiger partial charge on any atom is 0.237 e. The van der Waals surface area contributed by atoms with Gasteiger partial charge < -0.3 is 15.7 Å². The topological polar surface area (TPSA) is 61.4 Å². The van der Waals surface area contributed by atoms with Crippen LogP contribution < -0.4 is 10.6 Å². The summed E-state index contributed by atoms with van der Waals surface area (Å²) in [4.78, 5) is 12.3. The van der Waals surface area contributed by atoms with Crippen LogP contribution in [0.2, 0.25) is 0 Å². The highest BCUT2D eigenvalue weighted by molar-refractivity contribution is 5.82. The van der Waals surface area contributed by atoms with Crippen molar-refractivity contribution in [3.05, 3.63) is 71.3 Å². The van der Waals surface area contributed by atoms with Gasteiger partial charge in [-0.25, -0.2) is 0 Å². The number of hydrogen-bond acceptors (Lipinski definition) is 3. The molecule has 0 bridgehead atoms. The van der Waals surface area contributed by atoms with Gasteiger partial charge in [-0.2, -0.15) is 0 Å². The Kier molecular flexibility index (Phi) is 4.51. The Morgan fingerprint density at radius 2 is 1.82 bits per heavy atom. The van der Waals surface area contributed by atoms with Gasteiger partial charge in [0.05, 0.1) is 12.1 Å². The molecule has 4 nitrogen and oxygen atoms in total. The van der Waals surface area contributed by atoms with E-state index < -0.39 is 6.10 Å². The molecule has 1 heterocycles. The first-order valence-corrected chi connectivity index (χ1v) is 7.55. The largest absolute Gasteiger partial charge is 0.387 e. The van der Waals surface area contributed by atoms with Crippen molar-refractivity contribution < 1.29 is 9.90 Å². The van der Waals surface area contributed by atoms with E-state index in [1.807, 2.05) is 42.5 Å². The lowest BCUT2D eigenvalue weighted by molar-refractivity contribution is -0.123. The van der Waals surface area contributed by atoms with Crippen LogP contribution in [0.5, 0.6) is 0 Å². The number of nitrogens with one attached hydrogen (secondary N) is 2. The molecular formula is C18H20N2O2. The van der Waals surface area contributed by atoms with E-state index in [4.69, 9.17) is 0 Å². The molecule has 0 spiro atoms.